The number of aromatic nitrogens is 1. The molecule has 0 fully saturated rings. The van der Waals surface area contributed by atoms with Gasteiger partial charge in [-0.15, -0.1) is 0 Å². The van der Waals surface area contributed by atoms with Crippen molar-refractivity contribution in [3.05, 3.63) is 156 Å². The Balaban J connectivity index is 0.000000193. The Morgan fingerprint density at radius 2 is 1.43 bits per heavy atom. The van der Waals surface area contributed by atoms with Gasteiger partial charge in [0.15, 0.2) is 11.3 Å². The summed E-state index contributed by atoms with van der Waals surface area (Å²) in [4.78, 5) is 32.9. The summed E-state index contributed by atoms with van der Waals surface area (Å²) in [5.74, 6) is -2.16. The van der Waals surface area contributed by atoms with Crippen LogP contribution in [0.2, 0.25) is 0 Å². The number of ether oxygens (including phenoxy) is 1. The number of hydrogen-bond acceptors (Lipinski definition) is 6. The molecule has 4 aromatic carbocycles. The van der Waals surface area contributed by atoms with Gasteiger partial charge in [-0.25, -0.2) is 14.2 Å². The summed E-state index contributed by atoms with van der Waals surface area (Å²) in [6.45, 7) is 0. The highest BCUT2D eigenvalue weighted by Gasteiger charge is 2.44. The highest BCUT2D eigenvalue weighted by Crippen LogP contribution is 2.41. The zero-order valence-electron chi connectivity index (χ0n) is 24.3. The number of carbonyl (C=O) groups is 2. The average Bonchev–Trinajstić information content (AvgIpc) is 3.54. The van der Waals surface area contributed by atoms with Gasteiger partial charge in [0.05, 0.1) is 12.0 Å². The fourth-order valence-corrected chi connectivity index (χ4v) is 4.62. The third-order valence-electron chi connectivity index (χ3n) is 6.90. The molecule has 2 N–H and O–H groups in total. The molecular weight excluding hydrogens is 618 g/mol. The summed E-state index contributed by atoms with van der Waals surface area (Å²) in [5, 5.41) is 15.4. The van der Waals surface area contributed by atoms with E-state index in [1.54, 1.807) is 0 Å². The Labute approximate surface area is 265 Å². The Morgan fingerprint density at radius 1 is 0.809 bits per heavy atom. The summed E-state index contributed by atoms with van der Waals surface area (Å²) >= 11 is 0. The molecule has 8 nitrogen and oxygen atoms in total. The van der Waals surface area contributed by atoms with E-state index in [0.29, 0.717) is 5.69 Å². The average molecular weight is 644 g/mol. The molecule has 2 heterocycles. The van der Waals surface area contributed by atoms with Crippen LogP contribution in [0.1, 0.15) is 33.6 Å². The van der Waals surface area contributed by atoms with Crippen molar-refractivity contribution in [3.8, 4) is 11.6 Å². The van der Waals surface area contributed by atoms with E-state index < -0.39 is 35.0 Å². The summed E-state index contributed by atoms with van der Waals surface area (Å²) in [6, 6.07) is 32.9. The van der Waals surface area contributed by atoms with Gasteiger partial charge < -0.3 is 20.0 Å². The Hall–Kier alpha value is -6.04. The number of aliphatic carboxylic acids is 1. The summed E-state index contributed by atoms with van der Waals surface area (Å²) < 4.78 is 56.5. The molecule has 6 rings (SSSR count). The molecule has 12 heteroatoms. The number of carboxylic acids is 1. The van der Waals surface area contributed by atoms with E-state index in [9.17, 15) is 27.2 Å². The van der Waals surface area contributed by atoms with Gasteiger partial charge in [0.1, 0.15) is 17.3 Å². The monoisotopic (exact) mass is 643 g/mol. The van der Waals surface area contributed by atoms with Crippen LogP contribution < -0.4 is 10.1 Å². The standard InChI is InChI=1S/C19H12F4N2O2.C16H13NO3/c20-13-7-9-14(10-8-13)24-18(26)16-5-2-6-17(25-16)27-15-4-1-3-12(11-15)19(21,22)23;18-15(19)14-11-16(20-17-14,12-7-3-1-4-8-12)13-9-5-2-6-10-13/h1-11H,(H,24,26);1-10H,11H2,(H,18,19). The van der Waals surface area contributed by atoms with Crippen molar-refractivity contribution in [1.82, 2.24) is 4.98 Å². The first kappa shape index (κ1) is 32.4. The van der Waals surface area contributed by atoms with E-state index in [1.807, 2.05) is 60.7 Å². The molecule has 0 aliphatic carbocycles. The Bertz CT molecular complexity index is 1840. The van der Waals surface area contributed by atoms with E-state index in [0.717, 1.165) is 23.3 Å². The number of alkyl halides is 3. The number of pyridine rings is 1. The second-order valence-corrected chi connectivity index (χ2v) is 10.1. The number of nitrogens with one attached hydrogen (secondary N) is 1. The Morgan fingerprint density at radius 3 is 2.00 bits per heavy atom. The minimum absolute atomic E-state index is 0.0104. The largest absolute Gasteiger partial charge is 0.477 e. The molecule has 47 heavy (non-hydrogen) atoms. The van der Waals surface area contributed by atoms with Gasteiger partial charge in [-0.1, -0.05) is 78.0 Å². The van der Waals surface area contributed by atoms with Crippen LogP contribution in [0.15, 0.2) is 133 Å². The van der Waals surface area contributed by atoms with E-state index >= 15 is 0 Å². The molecule has 0 radical (unpaired) electrons. The molecule has 5 aromatic rings. The maximum Gasteiger partial charge on any atom is 0.416 e. The zero-order valence-corrected chi connectivity index (χ0v) is 24.3. The van der Waals surface area contributed by atoms with Gasteiger partial charge in [-0.05, 0) is 48.5 Å². The summed E-state index contributed by atoms with van der Waals surface area (Å²) in [6.07, 6.45) is -4.28. The fraction of sp³-hybridized carbons (Fsp3) is 0.0857. The van der Waals surface area contributed by atoms with Gasteiger partial charge in [0.2, 0.25) is 5.88 Å². The number of oxime groups is 1. The number of carbonyl (C=O) groups excluding carboxylic acids is 1. The first-order chi connectivity index (χ1) is 22.5. The highest BCUT2D eigenvalue weighted by molar-refractivity contribution is 6.36. The van der Waals surface area contributed by atoms with Crippen LogP contribution >= 0.6 is 0 Å². The lowest BCUT2D eigenvalue weighted by Gasteiger charge is -2.27. The van der Waals surface area contributed by atoms with Crippen molar-refractivity contribution in [1.29, 1.82) is 0 Å². The van der Waals surface area contributed by atoms with Crippen LogP contribution in [0.5, 0.6) is 11.6 Å². The second kappa shape index (κ2) is 13.9. The molecule has 1 aromatic heterocycles. The maximum atomic E-state index is 12.9. The third-order valence-corrected chi connectivity index (χ3v) is 6.90. The van der Waals surface area contributed by atoms with E-state index in [2.05, 4.69) is 15.5 Å². The quantitative estimate of drug-likeness (QED) is 0.174. The first-order valence-corrected chi connectivity index (χ1v) is 14.0. The van der Waals surface area contributed by atoms with Crippen LogP contribution in [0, 0.1) is 5.82 Å². The van der Waals surface area contributed by atoms with Crippen LogP contribution in [0.3, 0.4) is 0 Å². The van der Waals surface area contributed by atoms with Crippen molar-refractivity contribution >= 4 is 23.3 Å². The molecule has 0 saturated heterocycles. The van der Waals surface area contributed by atoms with Crippen molar-refractivity contribution in [2.75, 3.05) is 5.32 Å². The predicted molar refractivity (Wildman–Crippen MR) is 165 cm³/mol. The molecule has 0 spiro atoms. The lowest BCUT2D eigenvalue weighted by atomic mass is 9.82. The second-order valence-electron chi connectivity index (χ2n) is 10.1. The van der Waals surface area contributed by atoms with Gasteiger partial charge in [0.25, 0.3) is 5.91 Å². The molecular formula is C35H25F4N3O5. The van der Waals surface area contributed by atoms with E-state index in [1.165, 1.54) is 54.6 Å². The topological polar surface area (TPSA) is 110 Å². The number of rotatable bonds is 7. The highest BCUT2D eigenvalue weighted by atomic mass is 19.4. The minimum atomic E-state index is -4.50. The molecule has 0 unspecified atom stereocenters. The number of amides is 1. The van der Waals surface area contributed by atoms with Crippen LogP contribution in [-0.4, -0.2) is 27.7 Å². The summed E-state index contributed by atoms with van der Waals surface area (Å²) in [5.41, 5.74) is 0.479. The molecule has 0 atom stereocenters. The number of hydrogen-bond donors (Lipinski definition) is 2. The summed E-state index contributed by atoms with van der Waals surface area (Å²) in [7, 11) is 0. The lowest BCUT2D eigenvalue weighted by molar-refractivity contribution is -0.137. The minimum Gasteiger partial charge on any atom is -0.477 e. The van der Waals surface area contributed by atoms with Crippen molar-refractivity contribution in [2.24, 2.45) is 5.16 Å². The van der Waals surface area contributed by atoms with Crippen molar-refractivity contribution in [2.45, 2.75) is 18.2 Å². The molecule has 0 bridgehead atoms. The van der Waals surface area contributed by atoms with Gasteiger partial charge in [-0.2, -0.15) is 13.2 Å². The normalized spacial score (nSPS) is 13.3. The smallest absolute Gasteiger partial charge is 0.416 e. The molecule has 1 amide bonds. The van der Waals surface area contributed by atoms with Crippen LogP contribution in [-0.2, 0) is 21.4 Å². The predicted octanol–water partition coefficient (Wildman–Crippen LogP) is 8.08. The maximum absolute atomic E-state index is 12.9. The fourth-order valence-electron chi connectivity index (χ4n) is 4.62. The first-order valence-electron chi connectivity index (χ1n) is 14.0. The van der Waals surface area contributed by atoms with Crippen molar-refractivity contribution < 1.29 is 41.8 Å². The SMILES string of the molecule is O=C(Nc1ccc(F)cc1)c1cccc(Oc2cccc(C(F)(F)F)c2)n1.O=C(O)C1=NOC(c2ccccc2)(c2ccccc2)C1. The van der Waals surface area contributed by atoms with Gasteiger partial charge in [0, 0.05) is 22.9 Å². The third kappa shape index (κ3) is 7.98. The number of nitrogens with zero attached hydrogens (tertiary/aromatic N) is 2. The number of benzene rings is 4. The number of halogens is 4. The van der Waals surface area contributed by atoms with Gasteiger partial charge in [-0.3, -0.25) is 4.79 Å². The van der Waals surface area contributed by atoms with Crippen LogP contribution in [0.25, 0.3) is 0 Å². The van der Waals surface area contributed by atoms with E-state index in [-0.39, 0.29) is 29.5 Å². The van der Waals surface area contributed by atoms with E-state index in [4.69, 9.17) is 14.7 Å². The van der Waals surface area contributed by atoms with Crippen molar-refractivity contribution in [3.63, 3.8) is 0 Å². The number of carboxylic acid groups (broad SMARTS) is 1. The zero-order chi connectivity index (χ0) is 33.4. The molecule has 1 aliphatic rings. The number of anilines is 1. The molecule has 238 valence electrons. The molecule has 0 saturated carbocycles. The van der Waals surface area contributed by atoms with Crippen LogP contribution in [0.4, 0.5) is 23.2 Å². The molecule has 1 aliphatic heterocycles. The Kier molecular flexibility index (Phi) is 9.60. The van der Waals surface area contributed by atoms with Gasteiger partial charge >= 0.3 is 12.1 Å². The lowest BCUT2D eigenvalue weighted by Crippen LogP contribution is -2.29.